The van der Waals surface area contributed by atoms with Gasteiger partial charge in [0.05, 0.1) is 19.3 Å². The summed E-state index contributed by atoms with van der Waals surface area (Å²) in [6.07, 6.45) is 0.850. The predicted octanol–water partition coefficient (Wildman–Crippen LogP) is 3.47. The van der Waals surface area contributed by atoms with E-state index in [1.807, 2.05) is 19.1 Å². The molecule has 1 aromatic rings. The molecular formula is C12H15O5PS. The van der Waals surface area contributed by atoms with E-state index in [2.05, 4.69) is 0 Å². The van der Waals surface area contributed by atoms with Crippen LogP contribution in [0.4, 0.5) is 0 Å². The summed E-state index contributed by atoms with van der Waals surface area (Å²) in [7, 11) is -3.50. The molecule has 2 heterocycles. The van der Waals surface area contributed by atoms with Crippen molar-refractivity contribution < 1.29 is 22.3 Å². The first kappa shape index (κ1) is 13.5. The Kier molecular flexibility index (Phi) is 3.87. The summed E-state index contributed by atoms with van der Waals surface area (Å²) >= 11 is 1.41. The standard InChI is InChI=1S/C12H15O5PS/c1-9-2-3-12-10(6-9)7-14-18(13,16-12)15-8-11-4-5-19-17-11/h2-3,6,11H,4-5,7-8H2,1H3. The molecule has 2 atom stereocenters. The van der Waals surface area contributed by atoms with E-state index in [1.54, 1.807) is 6.07 Å². The first-order valence-electron chi connectivity index (χ1n) is 6.11. The van der Waals surface area contributed by atoms with Crippen LogP contribution in [0.5, 0.6) is 5.75 Å². The highest BCUT2D eigenvalue weighted by Crippen LogP contribution is 2.54. The number of fused-ring (bicyclic) bond motifs is 1. The second-order valence-electron chi connectivity index (χ2n) is 4.55. The number of rotatable bonds is 3. The molecule has 1 saturated heterocycles. The van der Waals surface area contributed by atoms with Crippen molar-refractivity contribution in [2.45, 2.75) is 26.1 Å². The van der Waals surface area contributed by atoms with Gasteiger partial charge in [0.25, 0.3) is 0 Å². The van der Waals surface area contributed by atoms with E-state index in [0.29, 0.717) is 5.75 Å². The highest BCUT2D eigenvalue weighted by molar-refractivity contribution is 7.94. The van der Waals surface area contributed by atoms with Crippen molar-refractivity contribution in [3.8, 4) is 5.75 Å². The van der Waals surface area contributed by atoms with Gasteiger partial charge in [-0.2, -0.15) is 0 Å². The third kappa shape index (κ3) is 3.15. The number of aryl methyl sites for hydroxylation is 1. The second kappa shape index (κ2) is 5.46. The normalized spacial score (nSPS) is 29.8. The van der Waals surface area contributed by atoms with E-state index in [-0.39, 0.29) is 19.3 Å². The van der Waals surface area contributed by atoms with Gasteiger partial charge < -0.3 is 8.71 Å². The Morgan fingerprint density at radius 1 is 1.53 bits per heavy atom. The summed E-state index contributed by atoms with van der Waals surface area (Å²) in [5, 5.41) is 0. The van der Waals surface area contributed by atoms with Gasteiger partial charge in [-0.25, -0.2) is 4.57 Å². The molecule has 3 rings (SSSR count). The van der Waals surface area contributed by atoms with Gasteiger partial charge in [0, 0.05) is 11.3 Å². The first-order chi connectivity index (χ1) is 9.15. The largest absolute Gasteiger partial charge is 0.530 e. The average molecular weight is 302 g/mol. The van der Waals surface area contributed by atoms with Crippen molar-refractivity contribution in [2.75, 3.05) is 12.4 Å². The summed E-state index contributed by atoms with van der Waals surface area (Å²) in [5.41, 5.74) is 2.00. The van der Waals surface area contributed by atoms with E-state index in [4.69, 9.17) is 17.8 Å². The van der Waals surface area contributed by atoms with E-state index in [9.17, 15) is 4.57 Å². The van der Waals surface area contributed by atoms with Gasteiger partial charge in [0.2, 0.25) is 0 Å². The molecule has 0 bridgehead atoms. The number of hydrogen-bond acceptors (Lipinski definition) is 6. The maximum atomic E-state index is 12.3. The Bertz CT molecular complexity index is 515. The molecule has 104 valence electrons. The minimum absolute atomic E-state index is 0.0394. The minimum atomic E-state index is -3.50. The maximum Gasteiger partial charge on any atom is 0.530 e. The molecule has 2 unspecified atom stereocenters. The fraction of sp³-hybridized carbons (Fsp3) is 0.500. The molecule has 0 spiro atoms. The fourth-order valence-electron chi connectivity index (χ4n) is 1.93. The molecule has 1 aromatic carbocycles. The van der Waals surface area contributed by atoms with Crippen LogP contribution in [0.2, 0.25) is 0 Å². The van der Waals surface area contributed by atoms with Crippen LogP contribution in [-0.4, -0.2) is 18.5 Å². The third-order valence-electron chi connectivity index (χ3n) is 2.95. The number of hydrogen-bond donors (Lipinski definition) is 0. The van der Waals surface area contributed by atoms with Gasteiger partial charge in [0.15, 0.2) is 0 Å². The first-order valence-corrected chi connectivity index (χ1v) is 8.48. The van der Waals surface area contributed by atoms with E-state index in [0.717, 1.165) is 23.3 Å². The van der Waals surface area contributed by atoms with Crippen LogP contribution >= 0.6 is 19.9 Å². The second-order valence-corrected chi connectivity index (χ2v) is 6.98. The van der Waals surface area contributed by atoms with Crippen molar-refractivity contribution >= 4 is 19.9 Å². The molecule has 0 aliphatic carbocycles. The molecule has 0 aromatic heterocycles. The number of phosphoric ester groups is 1. The molecule has 0 N–H and O–H groups in total. The van der Waals surface area contributed by atoms with Gasteiger partial charge in [-0.15, -0.1) is 0 Å². The lowest BCUT2D eigenvalue weighted by Crippen LogP contribution is -2.16. The lowest BCUT2D eigenvalue weighted by Gasteiger charge is -2.25. The van der Waals surface area contributed by atoms with Crippen LogP contribution in [-0.2, 0) is 24.4 Å². The summed E-state index contributed by atoms with van der Waals surface area (Å²) < 4.78 is 33.6. The molecule has 2 aliphatic rings. The summed E-state index contributed by atoms with van der Waals surface area (Å²) in [6, 6.07) is 5.66. The van der Waals surface area contributed by atoms with Crippen LogP contribution < -0.4 is 4.52 Å². The molecule has 1 fully saturated rings. The van der Waals surface area contributed by atoms with Gasteiger partial charge in [-0.05, 0) is 31.5 Å². The lowest BCUT2D eigenvalue weighted by atomic mass is 10.1. The molecule has 0 saturated carbocycles. The van der Waals surface area contributed by atoms with Crippen molar-refractivity contribution in [3.05, 3.63) is 29.3 Å². The van der Waals surface area contributed by atoms with E-state index >= 15 is 0 Å². The molecule has 0 radical (unpaired) electrons. The van der Waals surface area contributed by atoms with Crippen molar-refractivity contribution in [3.63, 3.8) is 0 Å². The number of benzene rings is 1. The van der Waals surface area contributed by atoms with Crippen LogP contribution in [0, 0.1) is 6.92 Å². The monoisotopic (exact) mass is 302 g/mol. The van der Waals surface area contributed by atoms with Gasteiger partial charge >= 0.3 is 7.82 Å². The summed E-state index contributed by atoms with van der Waals surface area (Å²) in [6.45, 7) is 2.46. The highest BCUT2D eigenvalue weighted by atomic mass is 32.2. The molecule has 0 amide bonds. The zero-order valence-corrected chi connectivity index (χ0v) is 12.2. The SMILES string of the molecule is Cc1ccc2c(c1)COP(=O)(OCC1CCSO1)O2. The van der Waals surface area contributed by atoms with E-state index in [1.165, 1.54) is 12.0 Å². The molecule has 5 nitrogen and oxygen atoms in total. The Morgan fingerprint density at radius 3 is 3.21 bits per heavy atom. The van der Waals surface area contributed by atoms with Crippen LogP contribution in [0.25, 0.3) is 0 Å². The fourth-order valence-corrected chi connectivity index (χ4v) is 3.97. The van der Waals surface area contributed by atoms with Crippen LogP contribution in [0.3, 0.4) is 0 Å². The van der Waals surface area contributed by atoms with Crippen molar-refractivity contribution in [1.29, 1.82) is 0 Å². The predicted molar refractivity (Wildman–Crippen MR) is 72.1 cm³/mol. The zero-order chi connectivity index (χ0) is 13.3. The average Bonchev–Trinajstić information content (AvgIpc) is 2.90. The molecule has 2 aliphatic heterocycles. The highest BCUT2D eigenvalue weighted by Gasteiger charge is 2.35. The van der Waals surface area contributed by atoms with Crippen molar-refractivity contribution in [1.82, 2.24) is 0 Å². The topological polar surface area (TPSA) is 54.0 Å². The quantitative estimate of drug-likeness (QED) is 0.629. The Labute approximate surface area is 116 Å². The van der Waals surface area contributed by atoms with Crippen LogP contribution in [0.15, 0.2) is 18.2 Å². The molecule has 19 heavy (non-hydrogen) atoms. The summed E-state index contributed by atoms with van der Waals surface area (Å²) in [4.78, 5) is 0. The van der Waals surface area contributed by atoms with Gasteiger partial charge in [-0.3, -0.25) is 9.05 Å². The van der Waals surface area contributed by atoms with Crippen molar-refractivity contribution in [2.24, 2.45) is 0 Å². The van der Waals surface area contributed by atoms with Gasteiger partial charge in [0.1, 0.15) is 5.75 Å². The maximum absolute atomic E-state index is 12.3. The third-order valence-corrected chi connectivity index (χ3v) is 5.09. The van der Waals surface area contributed by atoms with Gasteiger partial charge in [-0.1, -0.05) is 17.7 Å². The Hall–Kier alpha value is -0.520. The zero-order valence-electron chi connectivity index (χ0n) is 10.5. The Balaban J connectivity index is 1.66. The lowest BCUT2D eigenvalue weighted by molar-refractivity contribution is 0.0954. The molecule has 7 heteroatoms. The minimum Gasteiger partial charge on any atom is -0.404 e. The number of phosphoric acid groups is 1. The Morgan fingerprint density at radius 2 is 2.42 bits per heavy atom. The molecular weight excluding hydrogens is 287 g/mol. The summed E-state index contributed by atoms with van der Waals surface area (Å²) in [5.74, 6) is 1.50. The van der Waals surface area contributed by atoms with Crippen LogP contribution in [0.1, 0.15) is 17.5 Å². The smallest absolute Gasteiger partial charge is 0.404 e. The van der Waals surface area contributed by atoms with E-state index < -0.39 is 7.82 Å².